The molecule has 0 bridgehead atoms. The van der Waals surface area contributed by atoms with Crippen LogP contribution in [0.3, 0.4) is 0 Å². The van der Waals surface area contributed by atoms with Gasteiger partial charge < -0.3 is 33.0 Å². The number of hydrogen-bond acceptors (Lipinski definition) is 13. The molecule has 15 heteroatoms. The van der Waals surface area contributed by atoms with E-state index in [1.165, 1.54) is 31.6 Å². The first kappa shape index (κ1) is 42.8. The third-order valence-electron chi connectivity index (χ3n) is 10.2. The van der Waals surface area contributed by atoms with E-state index in [0.717, 1.165) is 78.4 Å². The second-order valence-corrected chi connectivity index (χ2v) is 16.0. The number of carbonyl (C=O) groups is 3. The van der Waals surface area contributed by atoms with Gasteiger partial charge in [-0.25, -0.2) is 28.9 Å². The van der Waals surface area contributed by atoms with Gasteiger partial charge in [0.25, 0.3) is 0 Å². The maximum absolute atomic E-state index is 13.1. The van der Waals surface area contributed by atoms with Crippen molar-refractivity contribution in [3.8, 4) is 22.3 Å². The summed E-state index contributed by atoms with van der Waals surface area (Å²) in [5.74, 6) is 2.63. The van der Waals surface area contributed by atoms with Crippen molar-refractivity contribution in [1.29, 1.82) is 0 Å². The lowest BCUT2D eigenvalue weighted by atomic mass is 10.0. The molecule has 1 aliphatic heterocycles. The van der Waals surface area contributed by atoms with Gasteiger partial charge in [0.05, 0.1) is 47.8 Å². The molecule has 2 saturated carbocycles. The molecule has 59 heavy (non-hydrogen) atoms. The molecule has 0 amide bonds. The summed E-state index contributed by atoms with van der Waals surface area (Å²) in [6.07, 6.45) is 6.21. The van der Waals surface area contributed by atoms with Crippen molar-refractivity contribution in [1.82, 2.24) is 29.8 Å². The minimum absolute atomic E-state index is 0. The number of esters is 2. The molecule has 6 aromatic rings. The Kier molecular flexibility index (Phi) is 12.5. The van der Waals surface area contributed by atoms with Crippen molar-refractivity contribution in [2.45, 2.75) is 112 Å². The lowest BCUT2D eigenvalue weighted by Gasteiger charge is -2.20. The number of aromatic nitrogens is 6. The van der Waals surface area contributed by atoms with Gasteiger partial charge in [0.1, 0.15) is 39.8 Å². The number of rotatable bonds is 6. The molecular formula is C44H54N6O9. The van der Waals surface area contributed by atoms with Crippen LogP contribution < -0.4 is 0 Å². The number of fused-ring (bicyclic) bond motifs is 2. The fourth-order valence-corrected chi connectivity index (χ4v) is 7.12. The van der Waals surface area contributed by atoms with E-state index in [-0.39, 0.29) is 18.9 Å². The van der Waals surface area contributed by atoms with Gasteiger partial charge in [0.2, 0.25) is 0 Å². The average molecular weight is 811 g/mol. The number of ether oxygens (including phenoxy) is 4. The van der Waals surface area contributed by atoms with Crippen LogP contribution in [0.25, 0.3) is 44.3 Å². The molecule has 0 radical (unpaired) electrons. The van der Waals surface area contributed by atoms with E-state index >= 15 is 0 Å². The topological polar surface area (TPSA) is 187 Å². The van der Waals surface area contributed by atoms with Crippen molar-refractivity contribution < 1.29 is 42.4 Å². The number of hydrogen-bond donors (Lipinski definition) is 1. The van der Waals surface area contributed by atoms with E-state index in [2.05, 4.69) is 25.3 Å². The van der Waals surface area contributed by atoms with E-state index in [1.807, 2.05) is 53.7 Å². The molecule has 1 N–H and O–H groups in total. The molecule has 314 valence electrons. The van der Waals surface area contributed by atoms with E-state index < -0.39 is 23.6 Å². The van der Waals surface area contributed by atoms with Gasteiger partial charge in [-0.15, -0.1) is 0 Å². The number of nitrogens with zero attached hydrogens (tertiary/aromatic N) is 5. The normalized spacial score (nSPS) is 14.9. The Bertz CT molecular complexity index is 2460. The Morgan fingerprint density at radius 1 is 0.746 bits per heavy atom. The molecule has 2 aromatic carbocycles. The molecule has 0 atom stereocenters. The zero-order valence-corrected chi connectivity index (χ0v) is 34.5. The van der Waals surface area contributed by atoms with Gasteiger partial charge in [-0.3, -0.25) is 0 Å². The van der Waals surface area contributed by atoms with Gasteiger partial charge in [-0.1, -0.05) is 17.7 Å². The van der Waals surface area contributed by atoms with Gasteiger partial charge in [0.15, 0.2) is 0 Å². The van der Waals surface area contributed by atoms with E-state index in [4.69, 9.17) is 28.0 Å². The minimum atomic E-state index is -0.668. The highest BCUT2D eigenvalue weighted by Crippen LogP contribution is 2.43. The zero-order valence-electron chi connectivity index (χ0n) is 34.5. The summed E-state index contributed by atoms with van der Waals surface area (Å²) in [6.45, 7) is 14.8. The smallest absolute Gasteiger partial charge is 0.420 e. The minimum Gasteiger partial charge on any atom is -0.465 e. The van der Waals surface area contributed by atoms with Gasteiger partial charge in [-0.05, 0) is 122 Å². The quantitative estimate of drug-likeness (QED) is 0.124. The molecular weight excluding hydrogens is 757 g/mol. The molecule has 15 nitrogen and oxygen atoms in total. The summed E-state index contributed by atoms with van der Waals surface area (Å²) in [4.78, 5) is 50.6. The zero-order chi connectivity index (χ0) is 41.5. The summed E-state index contributed by atoms with van der Waals surface area (Å²) in [6, 6.07) is 7.34. The van der Waals surface area contributed by atoms with Crippen LogP contribution in [0.2, 0.25) is 0 Å². The van der Waals surface area contributed by atoms with Crippen molar-refractivity contribution in [3.05, 3.63) is 69.9 Å². The molecule has 3 fully saturated rings. The van der Waals surface area contributed by atoms with Gasteiger partial charge in [-0.2, -0.15) is 0 Å². The second-order valence-electron chi connectivity index (χ2n) is 16.0. The molecule has 9 rings (SSSR count). The summed E-state index contributed by atoms with van der Waals surface area (Å²) < 4.78 is 32.6. The molecule has 4 aromatic heterocycles. The average Bonchev–Trinajstić information content (AvgIpc) is 3.93. The van der Waals surface area contributed by atoms with Crippen LogP contribution in [0.5, 0.6) is 0 Å². The van der Waals surface area contributed by atoms with Crippen LogP contribution in [0.1, 0.15) is 134 Å². The summed E-state index contributed by atoms with van der Waals surface area (Å²) in [7, 11) is 2.70. The fourth-order valence-electron chi connectivity index (χ4n) is 7.12. The predicted octanol–water partition coefficient (Wildman–Crippen LogP) is 9.69. The second kappa shape index (κ2) is 17.2. The lowest BCUT2D eigenvalue weighted by Crippen LogP contribution is -2.28. The number of benzene rings is 2. The largest absolute Gasteiger partial charge is 0.465 e. The Morgan fingerprint density at radius 3 is 1.71 bits per heavy atom. The van der Waals surface area contributed by atoms with Crippen molar-refractivity contribution >= 4 is 40.1 Å². The number of methoxy groups -OCH3 is 2. The number of carbonyl (C=O) groups excluding carboxylic acids is 3. The van der Waals surface area contributed by atoms with Crippen molar-refractivity contribution in [3.63, 3.8) is 0 Å². The standard InChI is InChI=1S/C22H25N3O5.C17H17N3O3.C4H8O.CH4/c1-11-17(12(2)30-24-11)14-9-15(20(26)28-6)18-16(10-14)25(19(23-18)13-7-8-13)21(27)29-22(3,4)5;1-8-14(9(2)23-20-8)11-6-12(17(21)22-3)15-13(7-11)18-16(19-15)10-4-5-10;1-2-4-5-3-1;/h9-10,13H,7-8H2,1-6H3;6-7,10H,4-5H2,1-3H3,(H,18,19);1-4H2;1H4. The summed E-state index contributed by atoms with van der Waals surface area (Å²) >= 11 is 0. The first-order valence-corrected chi connectivity index (χ1v) is 19.6. The van der Waals surface area contributed by atoms with Crippen LogP contribution in [-0.4, -0.2) is 80.9 Å². The Hall–Kier alpha value is -5.83. The van der Waals surface area contributed by atoms with Crippen molar-refractivity contribution in [2.24, 2.45) is 0 Å². The van der Waals surface area contributed by atoms with Crippen LogP contribution in [0.15, 0.2) is 33.3 Å². The highest BCUT2D eigenvalue weighted by atomic mass is 16.6. The molecule has 0 unspecified atom stereocenters. The van der Waals surface area contributed by atoms with E-state index in [9.17, 15) is 14.4 Å². The third-order valence-corrected chi connectivity index (χ3v) is 10.2. The molecule has 3 aliphatic rings. The number of H-pyrrole nitrogens is 1. The maximum atomic E-state index is 13.1. The summed E-state index contributed by atoms with van der Waals surface area (Å²) in [5.41, 5.74) is 7.23. The van der Waals surface area contributed by atoms with Crippen LogP contribution in [0.4, 0.5) is 4.79 Å². The molecule has 5 heterocycles. The first-order chi connectivity index (χ1) is 27.7. The maximum Gasteiger partial charge on any atom is 0.420 e. The van der Waals surface area contributed by atoms with Crippen molar-refractivity contribution in [2.75, 3.05) is 27.4 Å². The molecule has 1 saturated heterocycles. The lowest BCUT2D eigenvalue weighted by molar-refractivity contribution is 0.0535. The van der Waals surface area contributed by atoms with Gasteiger partial charge in [0, 0.05) is 36.2 Å². The Balaban J connectivity index is 0.000000179. The molecule has 0 spiro atoms. The predicted molar refractivity (Wildman–Crippen MR) is 221 cm³/mol. The third kappa shape index (κ3) is 9.09. The fraction of sp³-hybridized carbons (Fsp3) is 0.477. The monoisotopic (exact) mass is 810 g/mol. The van der Waals surface area contributed by atoms with Gasteiger partial charge >= 0.3 is 18.0 Å². The number of nitrogens with one attached hydrogen (secondary N) is 1. The number of aryl methyl sites for hydroxylation is 4. The highest BCUT2D eigenvalue weighted by Gasteiger charge is 2.35. The Morgan fingerprint density at radius 2 is 1.27 bits per heavy atom. The number of aromatic amines is 1. The van der Waals surface area contributed by atoms with Crippen LogP contribution >= 0.6 is 0 Å². The van der Waals surface area contributed by atoms with E-state index in [1.54, 1.807) is 19.1 Å². The molecule has 2 aliphatic carbocycles. The highest BCUT2D eigenvalue weighted by molar-refractivity contribution is 6.06. The first-order valence-electron chi connectivity index (χ1n) is 19.6. The number of imidazole rings is 2. The Labute approximate surface area is 343 Å². The SMILES string of the molecule is C.C1CCOC1.COC(=O)c1cc(-c2c(C)noc2C)cc2[nH]c(C3CC3)nc12.COC(=O)c1cc(-c2c(C)noc2C)cc2c1nc(C1CC1)n2C(=O)OC(C)(C)C. The van der Waals surface area contributed by atoms with E-state index in [0.29, 0.717) is 50.9 Å². The van der Waals surface area contributed by atoms with Crippen LogP contribution in [-0.2, 0) is 18.9 Å². The van der Waals surface area contributed by atoms with Crippen LogP contribution in [0, 0.1) is 27.7 Å². The summed E-state index contributed by atoms with van der Waals surface area (Å²) in [5, 5.41) is 8.01.